The van der Waals surface area contributed by atoms with Crippen LogP contribution in [-0.2, 0) is 29.2 Å². The Labute approximate surface area is 268 Å². The zero-order valence-electron chi connectivity index (χ0n) is 27.0. The predicted octanol–water partition coefficient (Wildman–Crippen LogP) is 9.88. The quantitative estimate of drug-likeness (QED) is 0.134. The summed E-state index contributed by atoms with van der Waals surface area (Å²) in [6.45, 7) is 10.2. The van der Waals surface area contributed by atoms with E-state index in [1.165, 1.54) is 18.2 Å². The Bertz CT molecular complexity index is 1640. The third kappa shape index (κ3) is 6.25. The van der Waals surface area contributed by atoms with Crippen LogP contribution in [0.2, 0.25) is 0 Å². The molecule has 0 aliphatic heterocycles. The van der Waals surface area contributed by atoms with Gasteiger partial charge in [-0.05, 0) is 97.6 Å². The molecule has 2 fully saturated rings. The fraction of sp³-hybridized carbons (Fsp3) is 0.390. The van der Waals surface area contributed by atoms with Crippen LogP contribution in [0.5, 0.6) is 11.5 Å². The maximum absolute atomic E-state index is 13.0. The van der Waals surface area contributed by atoms with Gasteiger partial charge in [-0.15, -0.1) is 0 Å². The minimum absolute atomic E-state index is 0.0375. The van der Waals surface area contributed by atoms with E-state index in [1.54, 1.807) is 0 Å². The maximum atomic E-state index is 13.0. The van der Waals surface area contributed by atoms with E-state index >= 15 is 0 Å². The van der Waals surface area contributed by atoms with E-state index in [4.69, 9.17) is 14.2 Å². The van der Waals surface area contributed by atoms with Crippen LogP contribution in [0.4, 0.5) is 0 Å². The second-order valence-corrected chi connectivity index (χ2v) is 13.6. The molecule has 4 heteroatoms. The number of ether oxygens (including phenoxy) is 3. The number of methoxy groups -OCH3 is 1. The third-order valence-electron chi connectivity index (χ3n) is 10.9. The zero-order valence-corrected chi connectivity index (χ0v) is 27.0. The highest BCUT2D eigenvalue weighted by atomic mass is 16.5. The first-order valence-corrected chi connectivity index (χ1v) is 16.5. The number of allylic oxidation sites excluding steroid dienone is 1. The van der Waals surface area contributed by atoms with Gasteiger partial charge in [0.2, 0.25) is 0 Å². The van der Waals surface area contributed by atoms with Crippen LogP contribution >= 0.6 is 0 Å². The van der Waals surface area contributed by atoms with E-state index in [-0.39, 0.29) is 11.4 Å². The summed E-state index contributed by atoms with van der Waals surface area (Å²) in [5.74, 6) is 2.34. The lowest BCUT2D eigenvalue weighted by Crippen LogP contribution is -2.53. The van der Waals surface area contributed by atoms with Crippen LogP contribution in [0.3, 0.4) is 0 Å². The van der Waals surface area contributed by atoms with Crippen molar-refractivity contribution in [1.82, 2.24) is 0 Å². The molecule has 4 atom stereocenters. The Kier molecular flexibility index (Phi) is 9.03. The van der Waals surface area contributed by atoms with Crippen molar-refractivity contribution in [3.8, 4) is 11.5 Å². The number of fused-ring (bicyclic) bond motifs is 2. The van der Waals surface area contributed by atoms with E-state index in [0.29, 0.717) is 25.0 Å². The van der Waals surface area contributed by atoms with Crippen molar-refractivity contribution < 1.29 is 19.0 Å². The summed E-state index contributed by atoms with van der Waals surface area (Å²) in [6, 6.07) is 31.3. The lowest BCUT2D eigenvalue weighted by atomic mass is 9.46. The number of hydrogen-bond donors (Lipinski definition) is 0. The highest BCUT2D eigenvalue weighted by Gasteiger charge is 2.57. The molecule has 0 saturated heterocycles. The summed E-state index contributed by atoms with van der Waals surface area (Å²) in [5.41, 5.74) is 4.50. The molecule has 2 aliphatic carbocycles. The summed E-state index contributed by atoms with van der Waals surface area (Å²) >= 11 is 0. The molecule has 0 bridgehead atoms. The molecule has 6 rings (SSSR count). The molecular weight excluding hydrogens is 556 g/mol. The van der Waals surface area contributed by atoms with Crippen molar-refractivity contribution in [3.05, 3.63) is 120 Å². The second-order valence-electron chi connectivity index (χ2n) is 13.6. The standard InChI is InChI=1S/C41H46O4/c1-29-16-23-38-40(2,24-11-25-41(38,3)39(42)43-4)35(29)20-18-30-17-19-33-34(26-30)37(45-28-32-14-9-6-10-15-32)22-21-36(33)44-27-31-12-7-5-8-13-31/h5-10,12-15,17,19,21-22,26,35,38H,1,11,16,18,20,23-25,27-28H2,2-4H3/t35-,38+,40+,41-/m0/s1. The van der Waals surface area contributed by atoms with Gasteiger partial charge in [0.15, 0.2) is 0 Å². The molecule has 234 valence electrons. The van der Waals surface area contributed by atoms with Crippen LogP contribution in [0.1, 0.15) is 69.1 Å². The van der Waals surface area contributed by atoms with Crippen molar-refractivity contribution >= 4 is 16.7 Å². The van der Waals surface area contributed by atoms with Crippen LogP contribution < -0.4 is 9.47 Å². The van der Waals surface area contributed by atoms with E-state index in [0.717, 1.165) is 78.3 Å². The molecule has 2 aliphatic rings. The third-order valence-corrected chi connectivity index (χ3v) is 10.9. The fourth-order valence-corrected chi connectivity index (χ4v) is 8.49. The zero-order chi connectivity index (χ0) is 31.4. The van der Waals surface area contributed by atoms with Gasteiger partial charge in [-0.1, -0.05) is 98.3 Å². The molecule has 4 nitrogen and oxygen atoms in total. The van der Waals surface area contributed by atoms with Crippen LogP contribution in [0, 0.1) is 22.7 Å². The molecular formula is C41H46O4. The number of benzene rings is 4. The smallest absolute Gasteiger partial charge is 0.311 e. The average molecular weight is 603 g/mol. The van der Waals surface area contributed by atoms with Crippen LogP contribution in [0.25, 0.3) is 10.8 Å². The molecule has 0 aromatic heterocycles. The summed E-state index contributed by atoms with van der Waals surface area (Å²) < 4.78 is 18.1. The molecule has 4 aromatic carbocycles. The SMILES string of the molecule is C=C1CC[C@@H]2[C@](C)(CCC[C@]2(C)C(=O)OC)[C@H]1CCc1ccc2c(OCc3ccccc3)ccc(OCc3ccccc3)c2c1. The first-order chi connectivity index (χ1) is 21.8. The van der Waals surface area contributed by atoms with Crippen molar-refractivity contribution in [3.63, 3.8) is 0 Å². The minimum Gasteiger partial charge on any atom is -0.488 e. The van der Waals surface area contributed by atoms with E-state index in [9.17, 15) is 4.79 Å². The van der Waals surface area contributed by atoms with Gasteiger partial charge in [0.05, 0.1) is 12.5 Å². The number of aryl methyl sites for hydroxylation is 1. The van der Waals surface area contributed by atoms with Crippen molar-refractivity contribution in [2.45, 2.75) is 72.0 Å². The van der Waals surface area contributed by atoms with Crippen molar-refractivity contribution in [2.24, 2.45) is 22.7 Å². The molecule has 0 spiro atoms. The summed E-state index contributed by atoms with van der Waals surface area (Å²) in [7, 11) is 1.54. The minimum atomic E-state index is -0.426. The average Bonchev–Trinajstić information content (AvgIpc) is 3.06. The summed E-state index contributed by atoms with van der Waals surface area (Å²) in [6.07, 6.45) is 7.03. The summed E-state index contributed by atoms with van der Waals surface area (Å²) in [5, 5.41) is 2.12. The van der Waals surface area contributed by atoms with Gasteiger partial charge in [-0.2, -0.15) is 0 Å². The lowest BCUT2D eigenvalue weighted by molar-refractivity contribution is -0.168. The molecule has 0 heterocycles. The van der Waals surface area contributed by atoms with Crippen molar-refractivity contribution in [2.75, 3.05) is 7.11 Å². The van der Waals surface area contributed by atoms with Crippen molar-refractivity contribution in [1.29, 1.82) is 0 Å². The van der Waals surface area contributed by atoms with E-state index in [1.807, 2.05) is 48.5 Å². The van der Waals surface area contributed by atoms with Gasteiger partial charge in [0.1, 0.15) is 24.7 Å². The molecule has 0 N–H and O–H groups in total. The normalized spacial score (nSPS) is 24.6. The summed E-state index contributed by atoms with van der Waals surface area (Å²) in [4.78, 5) is 13.0. The van der Waals surface area contributed by atoms with Gasteiger partial charge in [0.25, 0.3) is 0 Å². The molecule has 45 heavy (non-hydrogen) atoms. The van der Waals surface area contributed by atoms with Gasteiger partial charge < -0.3 is 14.2 Å². The predicted molar refractivity (Wildman–Crippen MR) is 181 cm³/mol. The van der Waals surface area contributed by atoms with Gasteiger partial charge >= 0.3 is 5.97 Å². The Morgan fingerprint density at radius 1 is 0.800 bits per heavy atom. The number of rotatable bonds is 10. The second kappa shape index (κ2) is 13.1. The number of esters is 1. The Morgan fingerprint density at radius 2 is 1.42 bits per heavy atom. The fourth-order valence-electron chi connectivity index (χ4n) is 8.49. The Balaban J connectivity index is 1.27. The highest BCUT2D eigenvalue weighted by Crippen LogP contribution is 2.62. The molecule has 2 saturated carbocycles. The Hall–Kier alpha value is -4.05. The highest BCUT2D eigenvalue weighted by molar-refractivity contribution is 5.93. The largest absolute Gasteiger partial charge is 0.488 e. The topological polar surface area (TPSA) is 44.8 Å². The monoisotopic (exact) mass is 602 g/mol. The van der Waals surface area contributed by atoms with Crippen LogP contribution in [-0.4, -0.2) is 13.1 Å². The molecule has 0 radical (unpaired) electrons. The van der Waals surface area contributed by atoms with Crippen LogP contribution in [0.15, 0.2) is 103 Å². The van der Waals surface area contributed by atoms with Gasteiger partial charge in [-0.25, -0.2) is 0 Å². The number of carbonyl (C=O) groups is 1. The van der Waals surface area contributed by atoms with E-state index in [2.05, 4.69) is 62.9 Å². The first-order valence-electron chi connectivity index (χ1n) is 16.5. The number of carbonyl (C=O) groups excluding carboxylic acids is 1. The first kappa shape index (κ1) is 31.0. The maximum Gasteiger partial charge on any atom is 0.311 e. The Morgan fingerprint density at radius 3 is 2.04 bits per heavy atom. The van der Waals surface area contributed by atoms with Gasteiger partial charge in [0, 0.05) is 10.8 Å². The molecule has 0 unspecified atom stereocenters. The number of hydrogen-bond acceptors (Lipinski definition) is 4. The van der Waals surface area contributed by atoms with E-state index < -0.39 is 5.41 Å². The molecule has 0 amide bonds. The molecule has 4 aromatic rings. The lowest BCUT2D eigenvalue weighted by Gasteiger charge is -2.57. The van der Waals surface area contributed by atoms with Gasteiger partial charge in [-0.3, -0.25) is 4.79 Å².